The van der Waals surface area contributed by atoms with Gasteiger partial charge in [-0.15, -0.1) is 0 Å². The van der Waals surface area contributed by atoms with Crippen molar-refractivity contribution >= 4 is 35.1 Å². The van der Waals surface area contributed by atoms with Crippen LogP contribution >= 0.6 is 23.2 Å². The number of rotatable bonds is 4. The number of carboxylic acids is 1. The summed E-state index contributed by atoms with van der Waals surface area (Å²) in [4.78, 5) is 25.9. The van der Waals surface area contributed by atoms with Crippen molar-refractivity contribution in [3.8, 4) is 0 Å². The Balaban J connectivity index is 2.66. The summed E-state index contributed by atoms with van der Waals surface area (Å²) in [5, 5.41) is 8.93. The van der Waals surface area contributed by atoms with Gasteiger partial charge in [-0.2, -0.15) is 0 Å². The van der Waals surface area contributed by atoms with Crippen LogP contribution in [0.15, 0.2) is 6.07 Å². The van der Waals surface area contributed by atoms with Crippen LogP contribution in [0.5, 0.6) is 0 Å². The molecule has 1 aromatic rings. The maximum atomic E-state index is 11.7. The summed E-state index contributed by atoms with van der Waals surface area (Å²) in [7, 11) is 1.51. The second kappa shape index (κ2) is 5.23. The SMILES string of the molecule is CN(CCC(=O)O)C(=O)c1cc(Cl)c(Cl)[nH]1. The van der Waals surface area contributed by atoms with Crippen molar-refractivity contribution in [1.82, 2.24) is 9.88 Å². The third-order valence-electron chi connectivity index (χ3n) is 1.96. The van der Waals surface area contributed by atoms with Crippen molar-refractivity contribution in [2.24, 2.45) is 0 Å². The highest BCUT2D eigenvalue weighted by molar-refractivity contribution is 6.41. The molecular formula is C9H10Cl2N2O3. The summed E-state index contributed by atoms with van der Waals surface area (Å²) >= 11 is 11.3. The largest absolute Gasteiger partial charge is 0.481 e. The molecule has 1 aromatic heterocycles. The van der Waals surface area contributed by atoms with Gasteiger partial charge < -0.3 is 15.0 Å². The standard InChI is InChI=1S/C9H10Cl2N2O3/c1-13(3-2-7(14)15)9(16)6-4-5(10)8(11)12-6/h4,12H,2-3H2,1H3,(H,14,15). The van der Waals surface area contributed by atoms with Crippen LogP contribution in [0, 0.1) is 0 Å². The first-order valence-corrected chi connectivity index (χ1v) is 5.18. The topological polar surface area (TPSA) is 73.4 Å². The molecule has 0 saturated heterocycles. The fourth-order valence-corrected chi connectivity index (χ4v) is 1.40. The molecule has 0 aliphatic rings. The quantitative estimate of drug-likeness (QED) is 0.872. The van der Waals surface area contributed by atoms with E-state index in [-0.39, 0.29) is 34.7 Å². The van der Waals surface area contributed by atoms with Gasteiger partial charge in [0, 0.05) is 13.6 Å². The third-order valence-corrected chi connectivity index (χ3v) is 2.66. The van der Waals surface area contributed by atoms with Crippen LogP contribution in [0.2, 0.25) is 10.2 Å². The van der Waals surface area contributed by atoms with Crippen LogP contribution in [-0.4, -0.2) is 40.5 Å². The smallest absolute Gasteiger partial charge is 0.305 e. The number of amides is 1. The van der Waals surface area contributed by atoms with E-state index < -0.39 is 5.97 Å². The molecule has 0 unspecified atom stereocenters. The molecule has 1 amide bonds. The molecule has 7 heteroatoms. The van der Waals surface area contributed by atoms with E-state index >= 15 is 0 Å². The molecule has 2 N–H and O–H groups in total. The Hall–Kier alpha value is -1.20. The Labute approximate surface area is 102 Å². The summed E-state index contributed by atoms with van der Waals surface area (Å²) in [6.45, 7) is 0.127. The number of nitrogens with zero attached hydrogens (tertiary/aromatic N) is 1. The minimum absolute atomic E-state index is 0.107. The van der Waals surface area contributed by atoms with E-state index in [9.17, 15) is 9.59 Å². The van der Waals surface area contributed by atoms with Crippen molar-refractivity contribution in [3.05, 3.63) is 21.9 Å². The number of hydrogen-bond acceptors (Lipinski definition) is 2. The average Bonchev–Trinajstić information content (AvgIpc) is 2.54. The van der Waals surface area contributed by atoms with Crippen LogP contribution in [0.25, 0.3) is 0 Å². The Kier molecular flexibility index (Phi) is 4.20. The summed E-state index contributed by atoms with van der Waals surface area (Å²) in [5.41, 5.74) is 0.239. The van der Waals surface area contributed by atoms with Crippen molar-refractivity contribution in [2.75, 3.05) is 13.6 Å². The van der Waals surface area contributed by atoms with Gasteiger partial charge in [0.05, 0.1) is 11.4 Å². The number of nitrogens with one attached hydrogen (secondary N) is 1. The number of aliphatic carboxylic acids is 1. The fourth-order valence-electron chi connectivity index (χ4n) is 1.09. The zero-order valence-electron chi connectivity index (χ0n) is 8.46. The second-order valence-electron chi connectivity index (χ2n) is 3.22. The summed E-state index contributed by atoms with van der Waals surface area (Å²) < 4.78 is 0. The molecule has 0 spiro atoms. The van der Waals surface area contributed by atoms with Crippen LogP contribution in [0.4, 0.5) is 0 Å². The number of aromatic nitrogens is 1. The van der Waals surface area contributed by atoms with Gasteiger partial charge in [0.1, 0.15) is 10.8 Å². The van der Waals surface area contributed by atoms with Gasteiger partial charge >= 0.3 is 5.97 Å². The molecule has 0 saturated carbocycles. The van der Waals surface area contributed by atoms with Gasteiger partial charge in [0.15, 0.2) is 0 Å². The van der Waals surface area contributed by atoms with E-state index in [1.807, 2.05) is 0 Å². The zero-order valence-corrected chi connectivity index (χ0v) is 9.97. The van der Waals surface area contributed by atoms with Crippen LogP contribution in [0.1, 0.15) is 16.9 Å². The molecule has 0 fully saturated rings. The van der Waals surface area contributed by atoms with Crippen LogP contribution < -0.4 is 0 Å². The number of H-pyrrole nitrogens is 1. The molecule has 1 heterocycles. The van der Waals surface area contributed by atoms with Gasteiger partial charge in [-0.3, -0.25) is 9.59 Å². The van der Waals surface area contributed by atoms with E-state index in [0.717, 1.165) is 0 Å². The van der Waals surface area contributed by atoms with Gasteiger partial charge in [-0.1, -0.05) is 23.2 Å². The highest BCUT2D eigenvalue weighted by Gasteiger charge is 2.16. The Morgan fingerprint density at radius 3 is 2.56 bits per heavy atom. The lowest BCUT2D eigenvalue weighted by Gasteiger charge is -2.14. The van der Waals surface area contributed by atoms with Crippen molar-refractivity contribution in [1.29, 1.82) is 0 Å². The lowest BCUT2D eigenvalue weighted by molar-refractivity contribution is -0.137. The maximum Gasteiger partial charge on any atom is 0.305 e. The Morgan fingerprint density at radius 2 is 2.12 bits per heavy atom. The van der Waals surface area contributed by atoms with E-state index in [1.165, 1.54) is 18.0 Å². The molecule has 88 valence electrons. The van der Waals surface area contributed by atoms with Crippen molar-refractivity contribution in [3.63, 3.8) is 0 Å². The summed E-state index contributed by atoms with van der Waals surface area (Å²) in [6.07, 6.45) is -0.107. The number of halogens is 2. The number of carbonyl (C=O) groups is 2. The van der Waals surface area contributed by atoms with E-state index in [1.54, 1.807) is 0 Å². The molecular weight excluding hydrogens is 255 g/mol. The predicted octanol–water partition coefficient (Wildman–Crippen LogP) is 1.87. The fraction of sp³-hybridized carbons (Fsp3) is 0.333. The van der Waals surface area contributed by atoms with Crippen molar-refractivity contribution in [2.45, 2.75) is 6.42 Å². The lowest BCUT2D eigenvalue weighted by Crippen LogP contribution is -2.29. The molecule has 5 nitrogen and oxygen atoms in total. The first-order chi connectivity index (χ1) is 7.41. The predicted molar refractivity (Wildman–Crippen MR) is 60.0 cm³/mol. The maximum absolute atomic E-state index is 11.7. The Bertz CT molecular complexity index is 397. The average molecular weight is 265 g/mol. The number of carboxylic acid groups (broad SMARTS) is 1. The highest BCUT2D eigenvalue weighted by atomic mass is 35.5. The molecule has 0 radical (unpaired) electrons. The molecule has 0 aliphatic carbocycles. The second-order valence-corrected chi connectivity index (χ2v) is 4.00. The molecule has 1 rings (SSSR count). The van der Waals surface area contributed by atoms with Gasteiger partial charge in [-0.05, 0) is 6.07 Å². The number of hydrogen-bond donors (Lipinski definition) is 2. The Morgan fingerprint density at radius 1 is 1.50 bits per heavy atom. The molecule has 0 aromatic carbocycles. The van der Waals surface area contributed by atoms with Gasteiger partial charge in [0.2, 0.25) is 0 Å². The summed E-state index contributed by atoms with van der Waals surface area (Å²) in [5.74, 6) is -1.31. The summed E-state index contributed by atoms with van der Waals surface area (Å²) in [6, 6.07) is 1.41. The van der Waals surface area contributed by atoms with Crippen molar-refractivity contribution < 1.29 is 14.7 Å². The first-order valence-electron chi connectivity index (χ1n) is 4.43. The molecule has 16 heavy (non-hydrogen) atoms. The minimum atomic E-state index is -0.956. The molecule has 0 bridgehead atoms. The van der Waals surface area contributed by atoms with Crippen LogP contribution in [0.3, 0.4) is 0 Å². The minimum Gasteiger partial charge on any atom is -0.481 e. The number of carbonyl (C=O) groups excluding carboxylic acids is 1. The first kappa shape index (κ1) is 12.9. The van der Waals surface area contributed by atoms with Crippen LogP contribution in [-0.2, 0) is 4.79 Å². The zero-order chi connectivity index (χ0) is 12.3. The van der Waals surface area contributed by atoms with E-state index in [0.29, 0.717) is 0 Å². The van der Waals surface area contributed by atoms with Gasteiger partial charge in [0.25, 0.3) is 5.91 Å². The normalized spacial score (nSPS) is 10.2. The highest BCUT2D eigenvalue weighted by Crippen LogP contribution is 2.22. The number of aromatic amines is 1. The monoisotopic (exact) mass is 264 g/mol. The van der Waals surface area contributed by atoms with E-state index in [2.05, 4.69) is 4.98 Å². The third kappa shape index (κ3) is 3.15. The lowest BCUT2D eigenvalue weighted by atomic mass is 10.3. The van der Waals surface area contributed by atoms with Gasteiger partial charge in [-0.25, -0.2) is 0 Å². The van der Waals surface area contributed by atoms with E-state index in [4.69, 9.17) is 28.3 Å². The molecule has 0 aliphatic heterocycles. The molecule has 0 atom stereocenters.